The Labute approximate surface area is 199 Å². The summed E-state index contributed by atoms with van der Waals surface area (Å²) in [4.78, 5) is 53.9. The number of nitrogens with zero attached hydrogens (tertiary/aromatic N) is 3. The lowest BCUT2D eigenvalue weighted by atomic mass is 9.92. The second-order valence-corrected chi connectivity index (χ2v) is 9.05. The highest BCUT2D eigenvalue weighted by Gasteiger charge is 2.50. The van der Waals surface area contributed by atoms with Crippen LogP contribution in [-0.2, 0) is 19.9 Å². The first-order valence-electron chi connectivity index (χ1n) is 11.4. The molecule has 0 aromatic heterocycles. The Kier molecular flexibility index (Phi) is 7.98. The molecule has 0 saturated carbocycles. The summed E-state index contributed by atoms with van der Waals surface area (Å²) in [5.41, 5.74) is 1.68. The molecule has 0 radical (unpaired) electrons. The SMILES string of the molecule is COc1ccc(C2(C)NC(=O)N(NC(=O)CN3CCCN(C(=O)OCC(C)C)CC3)C2=O)cc1. The summed E-state index contributed by atoms with van der Waals surface area (Å²) in [5, 5.41) is 3.37. The average molecular weight is 476 g/mol. The highest BCUT2D eigenvalue weighted by Crippen LogP contribution is 2.29. The standard InChI is InChI=1S/C23H33N5O6/c1-16(2)15-34-22(32)27-11-5-10-26(12-13-27)14-19(29)25-28-20(30)23(3,24-21(28)31)17-6-8-18(33-4)9-7-17/h6-9,16H,5,10-15H2,1-4H3,(H,24,31)(H,25,29). The van der Waals surface area contributed by atoms with Crippen LogP contribution in [0.15, 0.2) is 24.3 Å². The summed E-state index contributed by atoms with van der Waals surface area (Å²) in [6.07, 6.45) is 0.333. The number of urea groups is 1. The molecule has 2 N–H and O–H groups in total. The second kappa shape index (κ2) is 10.7. The molecule has 186 valence electrons. The maximum Gasteiger partial charge on any atom is 0.409 e. The van der Waals surface area contributed by atoms with E-state index < -0.39 is 23.4 Å². The van der Waals surface area contributed by atoms with E-state index in [0.29, 0.717) is 50.5 Å². The molecule has 0 spiro atoms. The Balaban J connectivity index is 1.54. The summed E-state index contributed by atoms with van der Waals surface area (Å²) >= 11 is 0. The van der Waals surface area contributed by atoms with Crippen molar-refractivity contribution < 1.29 is 28.7 Å². The van der Waals surface area contributed by atoms with Crippen LogP contribution in [-0.4, -0.2) is 85.2 Å². The number of rotatable bonds is 7. The van der Waals surface area contributed by atoms with E-state index in [9.17, 15) is 19.2 Å². The van der Waals surface area contributed by atoms with Crippen molar-refractivity contribution in [2.45, 2.75) is 32.7 Å². The summed E-state index contributed by atoms with van der Waals surface area (Å²) in [5.74, 6) is -0.184. The molecular formula is C23H33N5O6. The third-order valence-electron chi connectivity index (χ3n) is 5.85. The van der Waals surface area contributed by atoms with E-state index in [4.69, 9.17) is 9.47 Å². The van der Waals surface area contributed by atoms with Crippen LogP contribution in [0.5, 0.6) is 5.75 Å². The van der Waals surface area contributed by atoms with Gasteiger partial charge in [-0.25, -0.2) is 9.59 Å². The fourth-order valence-corrected chi connectivity index (χ4v) is 3.86. The van der Waals surface area contributed by atoms with Crippen LogP contribution in [0.1, 0.15) is 32.8 Å². The normalized spacial score (nSPS) is 21.3. The van der Waals surface area contributed by atoms with E-state index in [1.165, 1.54) is 7.11 Å². The first-order valence-corrected chi connectivity index (χ1v) is 11.4. The van der Waals surface area contributed by atoms with Gasteiger partial charge in [-0.2, -0.15) is 5.01 Å². The molecule has 3 rings (SSSR count). The monoisotopic (exact) mass is 475 g/mol. The van der Waals surface area contributed by atoms with Crippen molar-refractivity contribution in [3.63, 3.8) is 0 Å². The third-order valence-corrected chi connectivity index (χ3v) is 5.85. The minimum Gasteiger partial charge on any atom is -0.497 e. The number of carbonyl (C=O) groups excluding carboxylic acids is 4. The van der Waals surface area contributed by atoms with Gasteiger partial charge < -0.3 is 19.7 Å². The number of methoxy groups -OCH3 is 1. The van der Waals surface area contributed by atoms with Crippen molar-refractivity contribution >= 4 is 23.9 Å². The van der Waals surface area contributed by atoms with Crippen LogP contribution in [0.2, 0.25) is 0 Å². The first kappa shape index (κ1) is 25.3. The van der Waals surface area contributed by atoms with Gasteiger partial charge in [-0.05, 0) is 37.0 Å². The van der Waals surface area contributed by atoms with Gasteiger partial charge in [0.15, 0.2) is 0 Å². The lowest BCUT2D eigenvalue weighted by molar-refractivity contribution is -0.139. The van der Waals surface area contributed by atoms with E-state index in [1.807, 2.05) is 18.7 Å². The van der Waals surface area contributed by atoms with Gasteiger partial charge in [-0.3, -0.25) is 19.9 Å². The molecule has 0 bridgehead atoms. The zero-order valence-electron chi connectivity index (χ0n) is 20.1. The highest BCUT2D eigenvalue weighted by molar-refractivity contribution is 6.08. The average Bonchev–Trinajstić information content (AvgIpc) is 2.96. The molecule has 11 nitrogen and oxygen atoms in total. The molecule has 1 aromatic rings. The third kappa shape index (κ3) is 5.77. The smallest absolute Gasteiger partial charge is 0.409 e. The van der Waals surface area contributed by atoms with E-state index >= 15 is 0 Å². The Morgan fingerprint density at radius 1 is 1.12 bits per heavy atom. The van der Waals surface area contributed by atoms with Crippen LogP contribution in [0.25, 0.3) is 0 Å². The lowest BCUT2D eigenvalue weighted by Crippen LogP contribution is -2.51. The second-order valence-electron chi connectivity index (χ2n) is 9.05. The topological polar surface area (TPSA) is 121 Å². The van der Waals surface area contributed by atoms with Crippen LogP contribution in [0, 0.1) is 5.92 Å². The van der Waals surface area contributed by atoms with Crippen LogP contribution >= 0.6 is 0 Å². The van der Waals surface area contributed by atoms with Gasteiger partial charge in [0.25, 0.3) is 11.8 Å². The number of benzene rings is 1. The zero-order chi connectivity index (χ0) is 24.9. The number of amides is 5. The lowest BCUT2D eigenvalue weighted by Gasteiger charge is -2.24. The number of nitrogens with one attached hydrogen (secondary N) is 2. The van der Waals surface area contributed by atoms with Gasteiger partial charge in [-0.1, -0.05) is 26.0 Å². The molecule has 2 heterocycles. The Bertz CT molecular complexity index is 921. The summed E-state index contributed by atoms with van der Waals surface area (Å²) in [6.45, 7) is 7.95. The zero-order valence-corrected chi connectivity index (χ0v) is 20.1. The van der Waals surface area contributed by atoms with Crippen LogP contribution < -0.4 is 15.5 Å². The van der Waals surface area contributed by atoms with Crippen molar-refractivity contribution in [1.82, 2.24) is 25.6 Å². The number of hydrazine groups is 1. The van der Waals surface area contributed by atoms with Crippen molar-refractivity contribution in [3.8, 4) is 5.75 Å². The Morgan fingerprint density at radius 3 is 2.47 bits per heavy atom. The molecule has 2 saturated heterocycles. The van der Waals surface area contributed by atoms with Gasteiger partial charge in [-0.15, -0.1) is 0 Å². The molecule has 1 unspecified atom stereocenters. The van der Waals surface area contributed by atoms with E-state index in [1.54, 1.807) is 36.1 Å². The summed E-state index contributed by atoms with van der Waals surface area (Å²) in [7, 11) is 1.54. The van der Waals surface area contributed by atoms with Crippen molar-refractivity contribution in [1.29, 1.82) is 0 Å². The molecule has 11 heteroatoms. The van der Waals surface area contributed by atoms with Gasteiger partial charge in [0, 0.05) is 26.2 Å². The predicted molar refractivity (Wildman–Crippen MR) is 123 cm³/mol. The van der Waals surface area contributed by atoms with Crippen LogP contribution in [0.4, 0.5) is 9.59 Å². The van der Waals surface area contributed by atoms with Gasteiger partial charge in [0.2, 0.25) is 0 Å². The number of hydrogen-bond donors (Lipinski definition) is 2. The van der Waals surface area contributed by atoms with Gasteiger partial charge >= 0.3 is 12.1 Å². The maximum atomic E-state index is 13.0. The fraction of sp³-hybridized carbons (Fsp3) is 0.565. The molecule has 5 amide bonds. The van der Waals surface area contributed by atoms with Gasteiger partial charge in [0.1, 0.15) is 11.3 Å². The molecule has 0 aliphatic carbocycles. The van der Waals surface area contributed by atoms with Crippen molar-refractivity contribution in [2.75, 3.05) is 46.4 Å². The molecular weight excluding hydrogens is 442 g/mol. The number of carbonyl (C=O) groups is 4. The van der Waals surface area contributed by atoms with E-state index in [-0.39, 0.29) is 18.6 Å². The van der Waals surface area contributed by atoms with E-state index in [0.717, 1.165) is 5.01 Å². The summed E-state index contributed by atoms with van der Waals surface area (Å²) < 4.78 is 10.4. The molecule has 1 atom stereocenters. The molecule has 2 fully saturated rings. The fourth-order valence-electron chi connectivity index (χ4n) is 3.86. The minimum atomic E-state index is -1.31. The van der Waals surface area contributed by atoms with E-state index in [2.05, 4.69) is 10.7 Å². The maximum absolute atomic E-state index is 13.0. The number of ether oxygens (including phenoxy) is 2. The molecule has 34 heavy (non-hydrogen) atoms. The highest BCUT2D eigenvalue weighted by atomic mass is 16.6. The number of hydrogen-bond acceptors (Lipinski definition) is 7. The number of imide groups is 1. The molecule has 1 aromatic carbocycles. The van der Waals surface area contributed by atoms with Crippen LogP contribution in [0.3, 0.4) is 0 Å². The first-order chi connectivity index (χ1) is 16.1. The predicted octanol–water partition coefficient (Wildman–Crippen LogP) is 1.29. The Morgan fingerprint density at radius 2 is 1.82 bits per heavy atom. The molecule has 2 aliphatic heterocycles. The largest absolute Gasteiger partial charge is 0.497 e. The molecule has 2 aliphatic rings. The minimum absolute atomic E-state index is 0.00874. The quantitative estimate of drug-likeness (QED) is 0.570. The Hall–Kier alpha value is -3.34. The van der Waals surface area contributed by atoms with Crippen molar-refractivity contribution in [2.24, 2.45) is 5.92 Å². The van der Waals surface area contributed by atoms with Crippen molar-refractivity contribution in [3.05, 3.63) is 29.8 Å². The van der Waals surface area contributed by atoms with Gasteiger partial charge in [0.05, 0.1) is 20.3 Å². The summed E-state index contributed by atoms with van der Waals surface area (Å²) in [6, 6.07) is 6.08.